The fourth-order valence-corrected chi connectivity index (χ4v) is 2.63. The minimum atomic E-state index is -0.230. The number of rotatable bonds is 4. The smallest absolute Gasteiger partial charge is 0.410 e. The molecule has 0 saturated carbocycles. The molecule has 1 aliphatic rings. The van der Waals surface area contributed by atoms with E-state index < -0.39 is 0 Å². The zero-order valence-electron chi connectivity index (χ0n) is 11.8. The summed E-state index contributed by atoms with van der Waals surface area (Å²) in [6.07, 6.45) is -0.230. The van der Waals surface area contributed by atoms with Gasteiger partial charge >= 0.3 is 6.09 Å². The predicted molar refractivity (Wildman–Crippen MR) is 80.0 cm³/mol. The number of nitrogens with zero attached hydrogens (tertiary/aromatic N) is 2. The average Bonchev–Trinajstić information content (AvgIpc) is 2.48. The summed E-state index contributed by atoms with van der Waals surface area (Å²) in [7, 11) is 0. The van der Waals surface area contributed by atoms with Crippen molar-refractivity contribution in [1.29, 1.82) is 0 Å². The van der Waals surface area contributed by atoms with E-state index in [1.807, 2.05) is 30.3 Å². The number of benzene rings is 1. The highest BCUT2D eigenvalue weighted by atomic mass is 35.5. The molecule has 110 valence electrons. The van der Waals surface area contributed by atoms with E-state index in [9.17, 15) is 4.79 Å². The molecule has 1 amide bonds. The molecule has 1 saturated heterocycles. The third kappa shape index (κ3) is 4.12. The number of piperazine rings is 1. The van der Waals surface area contributed by atoms with Gasteiger partial charge in [0.05, 0.1) is 0 Å². The van der Waals surface area contributed by atoms with Crippen LogP contribution in [-0.4, -0.2) is 54.0 Å². The molecule has 0 N–H and O–H groups in total. The van der Waals surface area contributed by atoms with Crippen molar-refractivity contribution < 1.29 is 9.53 Å². The molecule has 4 nitrogen and oxygen atoms in total. The molecular formula is C15H21ClN2O2. The highest BCUT2D eigenvalue weighted by Gasteiger charge is 2.26. The largest absolute Gasteiger partial charge is 0.445 e. The molecule has 0 radical (unpaired) electrons. The number of hydrogen-bond donors (Lipinski definition) is 0. The molecule has 20 heavy (non-hydrogen) atoms. The van der Waals surface area contributed by atoms with Crippen LogP contribution in [0.25, 0.3) is 0 Å². The molecule has 1 atom stereocenters. The van der Waals surface area contributed by atoms with Crippen LogP contribution < -0.4 is 0 Å². The van der Waals surface area contributed by atoms with Crippen LogP contribution in [0.3, 0.4) is 0 Å². The predicted octanol–water partition coefficient (Wildman–Crippen LogP) is 2.57. The molecular weight excluding hydrogens is 276 g/mol. The van der Waals surface area contributed by atoms with Crippen molar-refractivity contribution in [1.82, 2.24) is 9.80 Å². The van der Waals surface area contributed by atoms with Gasteiger partial charge in [-0.2, -0.15) is 0 Å². The number of carbonyl (C=O) groups is 1. The van der Waals surface area contributed by atoms with E-state index in [1.54, 1.807) is 4.90 Å². The first-order valence-electron chi connectivity index (χ1n) is 6.96. The summed E-state index contributed by atoms with van der Waals surface area (Å²) < 4.78 is 5.35. The quantitative estimate of drug-likeness (QED) is 0.801. The number of carbonyl (C=O) groups excluding carboxylic acids is 1. The van der Waals surface area contributed by atoms with Crippen molar-refractivity contribution in [2.45, 2.75) is 19.6 Å². The lowest BCUT2D eigenvalue weighted by Crippen LogP contribution is -2.54. The van der Waals surface area contributed by atoms with Gasteiger partial charge in [-0.1, -0.05) is 30.3 Å². The van der Waals surface area contributed by atoms with E-state index in [0.717, 1.165) is 18.7 Å². The zero-order valence-corrected chi connectivity index (χ0v) is 12.6. The van der Waals surface area contributed by atoms with Crippen LogP contribution in [0.4, 0.5) is 4.79 Å². The van der Waals surface area contributed by atoms with Gasteiger partial charge in [0, 0.05) is 38.1 Å². The summed E-state index contributed by atoms with van der Waals surface area (Å²) >= 11 is 5.77. The van der Waals surface area contributed by atoms with E-state index in [2.05, 4.69) is 11.8 Å². The summed E-state index contributed by atoms with van der Waals surface area (Å²) in [5, 5.41) is 0. The first kappa shape index (κ1) is 15.1. The van der Waals surface area contributed by atoms with Crippen molar-refractivity contribution in [3.63, 3.8) is 0 Å². The van der Waals surface area contributed by atoms with Crippen molar-refractivity contribution in [3.05, 3.63) is 35.9 Å². The Labute approximate surface area is 125 Å². The first-order chi connectivity index (χ1) is 9.70. The highest BCUT2D eigenvalue weighted by Crippen LogP contribution is 2.11. The maximum atomic E-state index is 12.0. The van der Waals surface area contributed by atoms with Crippen LogP contribution in [0.2, 0.25) is 0 Å². The molecule has 1 aromatic carbocycles. The fourth-order valence-electron chi connectivity index (χ4n) is 2.41. The SMILES string of the molecule is CC1CN(C(=O)OCc2ccccc2)CCN1CCCl. The van der Waals surface area contributed by atoms with Crippen molar-refractivity contribution in [2.24, 2.45) is 0 Å². The Morgan fingerprint density at radius 2 is 2.10 bits per heavy atom. The van der Waals surface area contributed by atoms with Gasteiger partial charge in [-0.05, 0) is 12.5 Å². The summed E-state index contributed by atoms with van der Waals surface area (Å²) in [6, 6.07) is 10.1. The second kappa shape index (κ2) is 7.50. The van der Waals surface area contributed by atoms with Gasteiger partial charge in [-0.3, -0.25) is 4.90 Å². The molecule has 1 aliphatic heterocycles. The normalized spacial score (nSPS) is 19.9. The van der Waals surface area contributed by atoms with Crippen LogP contribution in [0.1, 0.15) is 12.5 Å². The molecule has 2 rings (SSSR count). The molecule has 1 heterocycles. The van der Waals surface area contributed by atoms with E-state index in [-0.39, 0.29) is 6.09 Å². The molecule has 1 aromatic rings. The van der Waals surface area contributed by atoms with E-state index in [4.69, 9.17) is 16.3 Å². The Morgan fingerprint density at radius 3 is 2.75 bits per heavy atom. The Balaban J connectivity index is 1.79. The molecule has 5 heteroatoms. The van der Waals surface area contributed by atoms with Gasteiger partial charge in [0.15, 0.2) is 0 Å². The third-order valence-corrected chi connectivity index (χ3v) is 3.77. The number of ether oxygens (including phenoxy) is 1. The van der Waals surface area contributed by atoms with Crippen LogP contribution in [0.15, 0.2) is 30.3 Å². The molecule has 1 fully saturated rings. The second-order valence-corrected chi connectivity index (χ2v) is 5.44. The second-order valence-electron chi connectivity index (χ2n) is 5.06. The number of alkyl halides is 1. The van der Waals surface area contributed by atoms with Gasteiger partial charge < -0.3 is 9.64 Å². The number of halogens is 1. The molecule has 0 bridgehead atoms. The fraction of sp³-hybridized carbons (Fsp3) is 0.533. The Hall–Kier alpha value is -1.26. The lowest BCUT2D eigenvalue weighted by Gasteiger charge is -2.38. The lowest BCUT2D eigenvalue weighted by molar-refractivity contribution is 0.0540. The summed E-state index contributed by atoms with van der Waals surface area (Å²) in [5.41, 5.74) is 1.01. The van der Waals surface area contributed by atoms with Crippen LogP contribution >= 0.6 is 11.6 Å². The van der Waals surface area contributed by atoms with Gasteiger partial charge in [0.2, 0.25) is 0 Å². The van der Waals surface area contributed by atoms with Gasteiger partial charge in [0.25, 0.3) is 0 Å². The number of amides is 1. The van der Waals surface area contributed by atoms with Crippen LogP contribution in [0.5, 0.6) is 0 Å². The monoisotopic (exact) mass is 296 g/mol. The van der Waals surface area contributed by atoms with E-state index in [0.29, 0.717) is 31.6 Å². The standard InChI is InChI=1S/C15H21ClN2O2/c1-13-11-18(10-9-17(13)8-7-16)15(19)20-12-14-5-3-2-4-6-14/h2-6,13H,7-12H2,1H3. The molecule has 0 aliphatic carbocycles. The lowest BCUT2D eigenvalue weighted by atomic mass is 10.2. The molecule has 1 unspecified atom stereocenters. The Morgan fingerprint density at radius 1 is 1.35 bits per heavy atom. The van der Waals surface area contributed by atoms with E-state index >= 15 is 0 Å². The molecule has 0 aromatic heterocycles. The minimum Gasteiger partial charge on any atom is -0.445 e. The maximum absolute atomic E-state index is 12.0. The van der Waals surface area contributed by atoms with Gasteiger partial charge in [-0.25, -0.2) is 4.79 Å². The number of hydrogen-bond acceptors (Lipinski definition) is 3. The Bertz CT molecular complexity index is 427. The minimum absolute atomic E-state index is 0.230. The van der Waals surface area contributed by atoms with Gasteiger partial charge in [0.1, 0.15) is 6.61 Å². The first-order valence-corrected chi connectivity index (χ1v) is 7.50. The van der Waals surface area contributed by atoms with E-state index in [1.165, 1.54) is 0 Å². The highest BCUT2D eigenvalue weighted by molar-refractivity contribution is 6.18. The summed E-state index contributed by atoms with van der Waals surface area (Å²) in [6.45, 7) is 5.57. The zero-order chi connectivity index (χ0) is 14.4. The van der Waals surface area contributed by atoms with Gasteiger partial charge in [-0.15, -0.1) is 11.6 Å². The Kier molecular flexibility index (Phi) is 5.68. The third-order valence-electron chi connectivity index (χ3n) is 3.60. The van der Waals surface area contributed by atoms with Crippen molar-refractivity contribution in [2.75, 3.05) is 32.1 Å². The molecule has 0 spiro atoms. The average molecular weight is 297 g/mol. The van der Waals surface area contributed by atoms with Crippen molar-refractivity contribution >= 4 is 17.7 Å². The van der Waals surface area contributed by atoms with Crippen LogP contribution in [0, 0.1) is 0 Å². The van der Waals surface area contributed by atoms with Crippen molar-refractivity contribution in [3.8, 4) is 0 Å². The van der Waals surface area contributed by atoms with Crippen LogP contribution in [-0.2, 0) is 11.3 Å². The topological polar surface area (TPSA) is 32.8 Å². The maximum Gasteiger partial charge on any atom is 0.410 e. The summed E-state index contributed by atoms with van der Waals surface area (Å²) in [5.74, 6) is 0.628. The summed E-state index contributed by atoms with van der Waals surface area (Å²) in [4.78, 5) is 16.1.